The monoisotopic (exact) mass is 231 g/mol. The number of nitrogens with zero attached hydrogens (tertiary/aromatic N) is 4. The van der Waals surface area contributed by atoms with E-state index in [1.807, 2.05) is 24.0 Å². The Morgan fingerprint density at radius 3 is 2.82 bits per heavy atom. The molecule has 0 aromatic carbocycles. The Morgan fingerprint density at radius 2 is 2.24 bits per heavy atom. The molecule has 0 saturated carbocycles. The normalized spacial score (nSPS) is 11.1. The van der Waals surface area contributed by atoms with Gasteiger partial charge in [-0.25, -0.2) is 15.0 Å². The number of aromatic nitrogens is 4. The zero-order valence-corrected chi connectivity index (χ0v) is 10.4. The summed E-state index contributed by atoms with van der Waals surface area (Å²) in [6, 6.07) is 0. The van der Waals surface area contributed by atoms with Crippen LogP contribution < -0.4 is 5.32 Å². The predicted molar refractivity (Wildman–Crippen MR) is 66.0 cm³/mol. The van der Waals surface area contributed by atoms with Crippen molar-refractivity contribution in [3.8, 4) is 5.69 Å². The molecular weight excluding hydrogens is 214 g/mol. The Labute approximate surface area is 101 Å². The van der Waals surface area contributed by atoms with Gasteiger partial charge >= 0.3 is 0 Å². The lowest BCUT2D eigenvalue weighted by atomic mass is 10.2. The second-order valence-electron chi connectivity index (χ2n) is 4.22. The first-order valence-corrected chi connectivity index (χ1v) is 5.71. The summed E-state index contributed by atoms with van der Waals surface area (Å²) in [6.45, 7) is 4.90. The molecule has 5 nitrogen and oxygen atoms in total. The maximum atomic E-state index is 4.60. The molecule has 0 unspecified atom stereocenters. The zero-order valence-electron chi connectivity index (χ0n) is 10.4. The molecule has 1 N–H and O–H groups in total. The number of nitrogens with one attached hydrogen (secondary N) is 1. The number of imidazole rings is 1. The molecule has 0 aliphatic rings. The molecule has 0 radical (unpaired) electrons. The zero-order chi connectivity index (χ0) is 12.3. The number of rotatable bonds is 4. The van der Waals surface area contributed by atoms with E-state index in [2.05, 4.69) is 34.1 Å². The third-order valence-electron chi connectivity index (χ3n) is 2.51. The van der Waals surface area contributed by atoms with Crippen LogP contribution in [0.2, 0.25) is 0 Å². The predicted octanol–water partition coefficient (Wildman–Crippen LogP) is 1.51. The van der Waals surface area contributed by atoms with Gasteiger partial charge in [0, 0.05) is 24.9 Å². The van der Waals surface area contributed by atoms with Gasteiger partial charge in [-0.15, -0.1) is 0 Å². The lowest BCUT2D eigenvalue weighted by molar-refractivity contribution is 0.717. The summed E-state index contributed by atoms with van der Waals surface area (Å²) in [6.07, 6.45) is 7.26. The first kappa shape index (κ1) is 11.7. The molecule has 2 rings (SSSR count). The second kappa shape index (κ2) is 5.05. The Kier molecular flexibility index (Phi) is 3.49. The van der Waals surface area contributed by atoms with Crippen molar-refractivity contribution in [3.05, 3.63) is 36.4 Å². The first-order valence-electron chi connectivity index (χ1n) is 5.71. The Balaban J connectivity index is 2.45. The topological polar surface area (TPSA) is 55.6 Å². The van der Waals surface area contributed by atoms with Gasteiger partial charge in [0.1, 0.15) is 5.82 Å². The van der Waals surface area contributed by atoms with Gasteiger partial charge in [-0.05, 0) is 7.05 Å². The van der Waals surface area contributed by atoms with Crippen LogP contribution in [0.25, 0.3) is 5.69 Å². The van der Waals surface area contributed by atoms with Gasteiger partial charge in [-0.3, -0.25) is 0 Å². The molecule has 2 aromatic rings. The van der Waals surface area contributed by atoms with Crippen LogP contribution in [0, 0.1) is 0 Å². The van der Waals surface area contributed by atoms with E-state index in [4.69, 9.17) is 0 Å². The summed E-state index contributed by atoms with van der Waals surface area (Å²) in [7, 11) is 1.91. The van der Waals surface area contributed by atoms with Crippen molar-refractivity contribution in [2.75, 3.05) is 7.05 Å². The van der Waals surface area contributed by atoms with Gasteiger partial charge < -0.3 is 9.88 Å². The maximum absolute atomic E-state index is 4.60. The minimum absolute atomic E-state index is 0.336. The van der Waals surface area contributed by atoms with Crippen LogP contribution >= 0.6 is 0 Å². The van der Waals surface area contributed by atoms with Gasteiger partial charge in [0.25, 0.3) is 0 Å². The molecule has 2 heterocycles. The lowest BCUT2D eigenvalue weighted by Crippen LogP contribution is -2.13. The third-order valence-corrected chi connectivity index (χ3v) is 2.51. The fraction of sp³-hybridized carbons (Fsp3) is 0.417. The van der Waals surface area contributed by atoms with Crippen molar-refractivity contribution in [2.24, 2.45) is 0 Å². The fourth-order valence-electron chi connectivity index (χ4n) is 1.62. The van der Waals surface area contributed by atoms with Crippen molar-refractivity contribution < 1.29 is 0 Å². The molecular formula is C12H17N5. The highest BCUT2D eigenvalue weighted by atomic mass is 15.1. The lowest BCUT2D eigenvalue weighted by Gasteiger charge is -2.11. The molecule has 2 aromatic heterocycles. The van der Waals surface area contributed by atoms with E-state index in [1.165, 1.54) is 0 Å². The Morgan fingerprint density at radius 1 is 1.41 bits per heavy atom. The van der Waals surface area contributed by atoms with Crippen molar-refractivity contribution in [2.45, 2.75) is 26.3 Å². The van der Waals surface area contributed by atoms with Crippen molar-refractivity contribution in [1.82, 2.24) is 24.8 Å². The van der Waals surface area contributed by atoms with E-state index in [0.29, 0.717) is 5.92 Å². The largest absolute Gasteiger partial charge is 0.314 e. The molecule has 0 bridgehead atoms. The van der Waals surface area contributed by atoms with Crippen LogP contribution in [0.5, 0.6) is 0 Å². The van der Waals surface area contributed by atoms with Crippen LogP contribution in [0.4, 0.5) is 0 Å². The standard InChI is InChI=1S/C12H17N5/c1-9(2)12-15-7-11(10(16-12)6-13-3)17-5-4-14-8-17/h4-5,7-9,13H,6H2,1-3H3. The summed E-state index contributed by atoms with van der Waals surface area (Å²) in [5.74, 6) is 1.21. The third kappa shape index (κ3) is 2.50. The summed E-state index contributed by atoms with van der Waals surface area (Å²) >= 11 is 0. The Hall–Kier alpha value is -1.75. The molecule has 90 valence electrons. The highest BCUT2D eigenvalue weighted by Crippen LogP contribution is 2.15. The molecule has 0 aliphatic carbocycles. The summed E-state index contributed by atoms with van der Waals surface area (Å²) in [4.78, 5) is 13.0. The van der Waals surface area contributed by atoms with E-state index in [-0.39, 0.29) is 0 Å². The smallest absolute Gasteiger partial charge is 0.131 e. The maximum Gasteiger partial charge on any atom is 0.131 e. The molecule has 17 heavy (non-hydrogen) atoms. The molecule has 0 saturated heterocycles. The SMILES string of the molecule is CNCc1nc(C(C)C)ncc1-n1ccnc1. The summed E-state index contributed by atoms with van der Waals surface area (Å²) < 4.78 is 1.93. The average Bonchev–Trinajstić information content (AvgIpc) is 2.82. The van der Waals surface area contributed by atoms with Crippen molar-refractivity contribution in [3.63, 3.8) is 0 Å². The van der Waals surface area contributed by atoms with Gasteiger partial charge in [-0.1, -0.05) is 13.8 Å². The van der Waals surface area contributed by atoms with Gasteiger partial charge in [0.2, 0.25) is 0 Å². The van der Waals surface area contributed by atoms with Gasteiger partial charge in [-0.2, -0.15) is 0 Å². The first-order chi connectivity index (χ1) is 8.22. The quantitative estimate of drug-likeness (QED) is 0.866. The van der Waals surface area contributed by atoms with Crippen LogP contribution in [0.15, 0.2) is 24.9 Å². The van der Waals surface area contributed by atoms with E-state index in [9.17, 15) is 0 Å². The van der Waals surface area contributed by atoms with E-state index in [0.717, 1.165) is 23.8 Å². The highest BCUT2D eigenvalue weighted by molar-refractivity contribution is 5.34. The minimum atomic E-state index is 0.336. The van der Waals surface area contributed by atoms with E-state index < -0.39 is 0 Å². The van der Waals surface area contributed by atoms with Crippen LogP contribution in [0.3, 0.4) is 0 Å². The minimum Gasteiger partial charge on any atom is -0.314 e. The number of hydrogen-bond acceptors (Lipinski definition) is 4. The van der Waals surface area contributed by atoms with Crippen LogP contribution in [0.1, 0.15) is 31.3 Å². The highest BCUT2D eigenvalue weighted by Gasteiger charge is 2.10. The van der Waals surface area contributed by atoms with Crippen molar-refractivity contribution in [1.29, 1.82) is 0 Å². The van der Waals surface area contributed by atoms with Crippen LogP contribution in [-0.2, 0) is 6.54 Å². The molecule has 5 heteroatoms. The van der Waals surface area contributed by atoms with Gasteiger partial charge in [0.05, 0.1) is 23.9 Å². The average molecular weight is 231 g/mol. The molecule has 0 spiro atoms. The van der Waals surface area contributed by atoms with Crippen LogP contribution in [-0.4, -0.2) is 26.6 Å². The second-order valence-corrected chi connectivity index (χ2v) is 4.22. The fourth-order valence-corrected chi connectivity index (χ4v) is 1.62. The molecule has 0 amide bonds. The van der Waals surface area contributed by atoms with Crippen molar-refractivity contribution >= 4 is 0 Å². The number of hydrogen-bond donors (Lipinski definition) is 1. The molecule has 0 aliphatic heterocycles. The van der Waals surface area contributed by atoms with E-state index >= 15 is 0 Å². The molecule has 0 atom stereocenters. The van der Waals surface area contributed by atoms with E-state index in [1.54, 1.807) is 12.5 Å². The molecule has 0 fully saturated rings. The summed E-state index contributed by atoms with van der Waals surface area (Å²) in [5.41, 5.74) is 1.96. The van der Waals surface area contributed by atoms with Gasteiger partial charge in [0.15, 0.2) is 0 Å². The Bertz CT molecular complexity index is 476. The summed E-state index contributed by atoms with van der Waals surface area (Å²) in [5, 5.41) is 3.13.